The Bertz CT molecular complexity index is 282. The number of likely N-dealkylation sites (tertiary alicyclic amines) is 1. The Hall–Kier alpha value is -1.14. The largest absolute Gasteiger partial charge is 0.467 e. The van der Waals surface area contributed by atoms with Crippen molar-refractivity contribution in [2.75, 3.05) is 33.5 Å². The van der Waals surface area contributed by atoms with Crippen LogP contribution in [-0.4, -0.2) is 61.4 Å². The van der Waals surface area contributed by atoms with E-state index in [0.717, 1.165) is 19.3 Å². The lowest BCUT2D eigenvalue weighted by atomic mass is 10.2. The molecule has 1 heterocycles. The van der Waals surface area contributed by atoms with Crippen molar-refractivity contribution in [3.63, 3.8) is 0 Å². The summed E-state index contributed by atoms with van der Waals surface area (Å²) in [6, 6.07) is -0.0199. The van der Waals surface area contributed by atoms with Gasteiger partial charge in [0.25, 0.3) is 0 Å². The highest BCUT2D eigenvalue weighted by Gasteiger charge is 2.29. The molecule has 1 atom stereocenters. The van der Waals surface area contributed by atoms with Gasteiger partial charge in [0.1, 0.15) is 6.61 Å². The third-order valence-corrected chi connectivity index (χ3v) is 3.05. The summed E-state index contributed by atoms with van der Waals surface area (Å²) in [4.78, 5) is 24.0. The molecule has 1 rings (SSSR count). The van der Waals surface area contributed by atoms with Gasteiger partial charge in [0.05, 0.1) is 19.8 Å². The number of hydrogen-bond donors (Lipinski definition) is 1. The molecule has 0 radical (unpaired) electrons. The maximum atomic E-state index is 11.5. The smallest absolute Gasteiger partial charge is 0.331 e. The van der Waals surface area contributed by atoms with E-state index in [2.05, 4.69) is 4.74 Å². The second-order valence-electron chi connectivity index (χ2n) is 4.30. The minimum atomic E-state index is -0.384. The van der Waals surface area contributed by atoms with Crippen LogP contribution in [0.15, 0.2) is 0 Å². The molecule has 0 aromatic carbocycles. The van der Waals surface area contributed by atoms with Crippen molar-refractivity contribution in [3.05, 3.63) is 0 Å². The highest BCUT2D eigenvalue weighted by Crippen LogP contribution is 2.18. The summed E-state index contributed by atoms with van der Waals surface area (Å²) in [6.45, 7) is 1.12. The second kappa shape index (κ2) is 8.05. The maximum Gasteiger partial charge on any atom is 0.331 e. The van der Waals surface area contributed by atoms with E-state index in [0.29, 0.717) is 19.6 Å². The van der Waals surface area contributed by atoms with Crippen LogP contribution in [0.25, 0.3) is 0 Å². The van der Waals surface area contributed by atoms with E-state index in [9.17, 15) is 9.59 Å². The van der Waals surface area contributed by atoms with E-state index in [4.69, 9.17) is 9.84 Å². The topological polar surface area (TPSA) is 76.1 Å². The first-order valence-electron chi connectivity index (χ1n) is 6.24. The lowest BCUT2D eigenvalue weighted by molar-refractivity contribution is -0.145. The van der Waals surface area contributed by atoms with E-state index in [1.807, 2.05) is 0 Å². The first-order valence-corrected chi connectivity index (χ1v) is 6.24. The molecule has 0 aromatic rings. The summed E-state index contributed by atoms with van der Waals surface area (Å²) < 4.78 is 9.54. The molecule has 1 N–H and O–H groups in total. The number of carbonyl (C=O) groups is 2. The van der Waals surface area contributed by atoms with E-state index < -0.39 is 0 Å². The summed E-state index contributed by atoms with van der Waals surface area (Å²) in [5.41, 5.74) is 0. The van der Waals surface area contributed by atoms with Gasteiger partial charge in [0.2, 0.25) is 5.91 Å². The molecule has 1 saturated heterocycles. The number of carbonyl (C=O) groups excluding carboxylic acids is 2. The van der Waals surface area contributed by atoms with E-state index in [-0.39, 0.29) is 31.1 Å². The monoisotopic (exact) mass is 259 g/mol. The number of unbranched alkanes of at least 4 members (excludes halogenated alkanes) is 1. The Morgan fingerprint density at radius 3 is 2.94 bits per heavy atom. The van der Waals surface area contributed by atoms with Crippen molar-refractivity contribution in [1.82, 2.24) is 4.90 Å². The SMILES string of the molecule is COC(=O)COCCCCN1C(=O)CC[C@@H]1CO. The van der Waals surface area contributed by atoms with Crippen molar-refractivity contribution in [3.8, 4) is 0 Å². The molecule has 104 valence electrons. The number of hydrogen-bond acceptors (Lipinski definition) is 5. The summed E-state index contributed by atoms with van der Waals surface area (Å²) >= 11 is 0. The quantitative estimate of drug-likeness (QED) is 0.488. The van der Waals surface area contributed by atoms with E-state index >= 15 is 0 Å². The number of aliphatic hydroxyl groups excluding tert-OH is 1. The normalized spacial score (nSPS) is 19.3. The number of amides is 1. The van der Waals surface area contributed by atoms with Crippen LogP contribution < -0.4 is 0 Å². The van der Waals surface area contributed by atoms with Crippen molar-refractivity contribution in [2.24, 2.45) is 0 Å². The number of methoxy groups -OCH3 is 1. The number of esters is 1. The zero-order chi connectivity index (χ0) is 13.4. The van der Waals surface area contributed by atoms with Gasteiger partial charge in [0.15, 0.2) is 0 Å². The van der Waals surface area contributed by atoms with Gasteiger partial charge in [-0.3, -0.25) is 4.79 Å². The van der Waals surface area contributed by atoms with Crippen molar-refractivity contribution in [1.29, 1.82) is 0 Å². The molecule has 0 bridgehead atoms. The van der Waals surface area contributed by atoms with Gasteiger partial charge < -0.3 is 19.5 Å². The first-order chi connectivity index (χ1) is 8.69. The Balaban J connectivity index is 2.07. The maximum absolute atomic E-state index is 11.5. The van der Waals surface area contributed by atoms with Crippen molar-refractivity contribution in [2.45, 2.75) is 31.7 Å². The van der Waals surface area contributed by atoms with Crippen LogP contribution in [0, 0.1) is 0 Å². The second-order valence-corrected chi connectivity index (χ2v) is 4.30. The van der Waals surface area contributed by atoms with Crippen LogP contribution >= 0.6 is 0 Å². The lowest BCUT2D eigenvalue weighted by Crippen LogP contribution is -2.36. The average Bonchev–Trinajstić information content (AvgIpc) is 2.74. The predicted molar refractivity (Wildman–Crippen MR) is 63.9 cm³/mol. The molecule has 0 aliphatic carbocycles. The summed E-state index contributed by atoms with van der Waals surface area (Å²) in [5.74, 6) is -0.269. The molecule has 18 heavy (non-hydrogen) atoms. The molecule has 6 nitrogen and oxygen atoms in total. The number of nitrogens with zero attached hydrogens (tertiary/aromatic N) is 1. The van der Waals surface area contributed by atoms with Gasteiger partial charge in [-0.2, -0.15) is 0 Å². The van der Waals surface area contributed by atoms with Crippen molar-refractivity contribution >= 4 is 11.9 Å². The summed E-state index contributed by atoms with van der Waals surface area (Å²) in [5, 5.41) is 9.11. The molecular weight excluding hydrogens is 238 g/mol. The highest BCUT2D eigenvalue weighted by molar-refractivity contribution is 5.78. The zero-order valence-electron chi connectivity index (χ0n) is 10.8. The Kier molecular flexibility index (Phi) is 6.67. The van der Waals surface area contributed by atoms with E-state index in [1.165, 1.54) is 7.11 Å². The minimum absolute atomic E-state index is 0.0199. The Morgan fingerprint density at radius 2 is 2.28 bits per heavy atom. The summed E-state index contributed by atoms with van der Waals surface area (Å²) in [7, 11) is 1.32. The van der Waals surface area contributed by atoms with Gasteiger partial charge in [0, 0.05) is 19.6 Å². The molecule has 1 fully saturated rings. The molecule has 1 amide bonds. The number of aliphatic hydroxyl groups is 1. The molecule has 1 aliphatic heterocycles. The minimum Gasteiger partial charge on any atom is -0.467 e. The van der Waals surface area contributed by atoms with Crippen LogP contribution in [0.3, 0.4) is 0 Å². The predicted octanol–water partition coefficient (Wildman–Crippen LogP) is -0.0605. The van der Waals surface area contributed by atoms with Crippen LogP contribution in [-0.2, 0) is 19.1 Å². The Labute approximate surface area is 107 Å². The molecule has 0 aromatic heterocycles. The fourth-order valence-corrected chi connectivity index (χ4v) is 1.99. The van der Waals surface area contributed by atoms with Crippen LogP contribution in [0.5, 0.6) is 0 Å². The van der Waals surface area contributed by atoms with Crippen LogP contribution in [0.1, 0.15) is 25.7 Å². The highest BCUT2D eigenvalue weighted by atomic mass is 16.6. The molecule has 0 spiro atoms. The number of rotatable bonds is 8. The zero-order valence-corrected chi connectivity index (χ0v) is 10.8. The van der Waals surface area contributed by atoms with Gasteiger partial charge in [-0.05, 0) is 19.3 Å². The van der Waals surface area contributed by atoms with Gasteiger partial charge >= 0.3 is 5.97 Å². The van der Waals surface area contributed by atoms with Crippen LogP contribution in [0.4, 0.5) is 0 Å². The average molecular weight is 259 g/mol. The fraction of sp³-hybridized carbons (Fsp3) is 0.833. The van der Waals surface area contributed by atoms with Crippen LogP contribution in [0.2, 0.25) is 0 Å². The van der Waals surface area contributed by atoms with Gasteiger partial charge in [-0.25, -0.2) is 4.79 Å². The Morgan fingerprint density at radius 1 is 1.50 bits per heavy atom. The molecule has 0 saturated carbocycles. The molecular formula is C12H21NO5. The van der Waals surface area contributed by atoms with E-state index in [1.54, 1.807) is 4.90 Å². The van der Waals surface area contributed by atoms with Gasteiger partial charge in [-0.1, -0.05) is 0 Å². The first kappa shape index (κ1) is 14.9. The lowest BCUT2D eigenvalue weighted by Gasteiger charge is -2.22. The third-order valence-electron chi connectivity index (χ3n) is 3.05. The van der Waals surface area contributed by atoms with Gasteiger partial charge in [-0.15, -0.1) is 0 Å². The standard InChI is InChI=1S/C12H21NO5/c1-17-12(16)9-18-7-3-2-6-13-10(8-14)4-5-11(13)15/h10,14H,2-9H2,1H3/t10-/m1/s1. The third kappa shape index (κ3) is 4.62. The molecule has 0 unspecified atom stereocenters. The van der Waals surface area contributed by atoms with Crippen molar-refractivity contribution < 1.29 is 24.2 Å². The molecule has 1 aliphatic rings. The number of ether oxygens (including phenoxy) is 2. The fourth-order valence-electron chi connectivity index (χ4n) is 1.99. The summed E-state index contributed by atoms with van der Waals surface area (Å²) in [6.07, 6.45) is 2.86. The molecule has 6 heteroatoms.